The van der Waals surface area contributed by atoms with Crippen LogP contribution in [0, 0.1) is 5.92 Å². The van der Waals surface area contributed by atoms with Crippen molar-refractivity contribution in [2.75, 3.05) is 6.54 Å². The van der Waals surface area contributed by atoms with E-state index in [-0.39, 0.29) is 0 Å². The molecule has 2 rings (SSSR count). The first-order valence-corrected chi connectivity index (χ1v) is 4.90. The summed E-state index contributed by atoms with van der Waals surface area (Å²) in [6.45, 7) is 0.586. The molecule has 1 heterocycles. The Morgan fingerprint density at radius 3 is 2.92 bits per heavy atom. The average molecular weight is 181 g/mol. The molecule has 0 aromatic carbocycles. The van der Waals surface area contributed by atoms with Crippen molar-refractivity contribution in [1.82, 2.24) is 10.1 Å². The summed E-state index contributed by atoms with van der Waals surface area (Å²) in [6, 6.07) is 0. The third-order valence-corrected chi connectivity index (χ3v) is 2.57. The number of hydrogen-bond donors (Lipinski definition) is 1. The van der Waals surface area contributed by atoms with Crippen LogP contribution in [0.1, 0.15) is 31.0 Å². The van der Waals surface area contributed by atoms with Crippen LogP contribution in [0.25, 0.3) is 0 Å². The summed E-state index contributed by atoms with van der Waals surface area (Å²) in [7, 11) is 0. The Hall–Kier alpha value is -0.900. The molecule has 0 saturated heterocycles. The van der Waals surface area contributed by atoms with Crippen molar-refractivity contribution in [2.24, 2.45) is 11.7 Å². The van der Waals surface area contributed by atoms with Crippen molar-refractivity contribution in [1.29, 1.82) is 0 Å². The molecule has 0 amide bonds. The van der Waals surface area contributed by atoms with E-state index in [9.17, 15) is 0 Å². The summed E-state index contributed by atoms with van der Waals surface area (Å²) in [5.74, 6) is 2.32. The fraction of sp³-hybridized carbons (Fsp3) is 0.778. The van der Waals surface area contributed by atoms with Crippen molar-refractivity contribution >= 4 is 0 Å². The monoisotopic (exact) mass is 181 g/mol. The maximum atomic E-state index is 5.39. The van der Waals surface area contributed by atoms with E-state index < -0.39 is 0 Å². The molecule has 13 heavy (non-hydrogen) atoms. The average Bonchev–Trinajstić information content (AvgIpc) is 2.46. The lowest BCUT2D eigenvalue weighted by Crippen LogP contribution is -2.13. The molecule has 1 saturated carbocycles. The van der Waals surface area contributed by atoms with Gasteiger partial charge in [-0.15, -0.1) is 0 Å². The summed E-state index contributed by atoms with van der Waals surface area (Å²) >= 11 is 0. The molecule has 72 valence electrons. The van der Waals surface area contributed by atoms with Crippen LogP contribution < -0.4 is 5.73 Å². The zero-order valence-electron chi connectivity index (χ0n) is 7.70. The van der Waals surface area contributed by atoms with Gasteiger partial charge in [-0.1, -0.05) is 11.6 Å². The van der Waals surface area contributed by atoms with Gasteiger partial charge in [-0.2, -0.15) is 4.98 Å². The number of rotatable bonds is 4. The van der Waals surface area contributed by atoms with Crippen LogP contribution in [0.4, 0.5) is 0 Å². The van der Waals surface area contributed by atoms with Crippen molar-refractivity contribution in [3.8, 4) is 0 Å². The first-order valence-electron chi connectivity index (χ1n) is 4.90. The predicted molar refractivity (Wildman–Crippen MR) is 48.1 cm³/mol. The zero-order chi connectivity index (χ0) is 9.10. The maximum absolute atomic E-state index is 5.39. The normalized spacial score (nSPS) is 17.3. The van der Waals surface area contributed by atoms with E-state index in [0.29, 0.717) is 13.0 Å². The van der Waals surface area contributed by atoms with Crippen molar-refractivity contribution in [2.45, 2.75) is 32.1 Å². The lowest BCUT2D eigenvalue weighted by molar-refractivity contribution is 0.273. The summed E-state index contributed by atoms with van der Waals surface area (Å²) in [6.07, 6.45) is 5.66. The van der Waals surface area contributed by atoms with Crippen LogP contribution in [0.15, 0.2) is 4.52 Å². The fourth-order valence-corrected chi connectivity index (χ4v) is 1.55. The van der Waals surface area contributed by atoms with Gasteiger partial charge in [-0.05, 0) is 25.3 Å². The van der Waals surface area contributed by atoms with Crippen LogP contribution in [0.5, 0.6) is 0 Å². The highest BCUT2D eigenvalue weighted by Gasteiger charge is 2.20. The number of nitrogens with two attached hydrogens (primary N) is 1. The molecule has 0 radical (unpaired) electrons. The third kappa shape index (κ3) is 2.06. The minimum Gasteiger partial charge on any atom is -0.339 e. The molecule has 0 unspecified atom stereocenters. The Morgan fingerprint density at radius 2 is 2.31 bits per heavy atom. The van der Waals surface area contributed by atoms with E-state index in [1.165, 1.54) is 19.3 Å². The van der Waals surface area contributed by atoms with Crippen molar-refractivity contribution in [3.05, 3.63) is 11.7 Å². The Morgan fingerprint density at radius 1 is 1.46 bits per heavy atom. The summed E-state index contributed by atoms with van der Waals surface area (Å²) in [5.41, 5.74) is 5.39. The van der Waals surface area contributed by atoms with Gasteiger partial charge in [-0.25, -0.2) is 0 Å². The summed E-state index contributed by atoms with van der Waals surface area (Å²) in [4.78, 5) is 4.26. The van der Waals surface area contributed by atoms with Crippen LogP contribution in [-0.2, 0) is 12.8 Å². The van der Waals surface area contributed by atoms with Gasteiger partial charge < -0.3 is 10.3 Å². The van der Waals surface area contributed by atoms with E-state index in [1.807, 2.05) is 0 Å². The SMILES string of the molecule is NCCc1noc(CC2CCC2)n1. The molecular formula is C9H15N3O. The molecule has 0 spiro atoms. The molecule has 1 aliphatic carbocycles. The molecule has 1 aliphatic rings. The van der Waals surface area contributed by atoms with E-state index >= 15 is 0 Å². The quantitative estimate of drug-likeness (QED) is 0.750. The summed E-state index contributed by atoms with van der Waals surface area (Å²) < 4.78 is 5.11. The first kappa shape index (κ1) is 8.69. The molecule has 0 bridgehead atoms. The van der Waals surface area contributed by atoms with Crippen LogP contribution in [0.2, 0.25) is 0 Å². The Labute approximate surface area is 77.5 Å². The molecule has 4 heteroatoms. The second-order valence-corrected chi connectivity index (χ2v) is 3.64. The standard InChI is InChI=1S/C9H15N3O/c10-5-4-8-11-9(13-12-8)6-7-2-1-3-7/h7H,1-6,10H2. The lowest BCUT2D eigenvalue weighted by atomic mass is 9.83. The largest absolute Gasteiger partial charge is 0.339 e. The molecule has 4 nitrogen and oxygen atoms in total. The molecule has 1 aromatic heterocycles. The Balaban J connectivity index is 1.88. The zero-order valence-corrected chi connectivity index (χ0v) is 7.70. The minimum atomic E-state index is 0.586. The van der Waals surface area contributed by atoms with Crippen LogP contribution in [-0.4, -0.2) is 16.7 Å². The van der Waals surface area contributed by atoms with Gasteiger partial charge in [0.2, 0.25) is 5.89 Å². The van der Waals surface area contributed by atoms with Gasteiger partial charge in [0.25, 0.3) is 0 Å². The van der Waals surface area contributed by atoms with Crippen molar-refractivity contribution < 1.29 is 4.52 Å². The van der Waals surface area contributed by atoms with E-state index in [2.05, 4.69) is 10.1 Å². The van der Waals surface area contributed by atoms with Gasteiger partial charge >= 0.3 is 0 Å². The Kier molecular flexibility index (Phi) is 2.59. The highest BCUT2D eigenvalue weighted by Crippen LogP contribution is 2.29. The third-order valence-electron chi connectivity index (χ3n) is 2.57. The number of nitrogens with zero attached hydrogens (tertiary/aromatic N) is 2. The van der Waals surface area contributed by atoms with Gasteiger partial charge in [-0.3, -0.25) is 0 Å². The predicted octanol–water partition coefficient (Wildman–Crippen LogP) is 0.913. The molecule has 1 aromatic rings. The second kappa shape index (κ2) is 3.87. The molecule has 2 N–H and O–H groups in total. The van der Waals surface area contributed by atoms with Gasteiger partial charge in [0.15, 0.2) is 5.82 Å². The molecular weight excluding hydrogens is 166 g/mol. The van der Waals surface area contributed by atoms with Gasteiger partial charge in [0.05, 0.1) is 0 Å². The fourth-order valence-electron chi connectivity index (χ4n) is 1.55. The highest BCUT2D eigenvalue weighted by molar-refractivity contribution is 4.89. The molecule has 0 aliphatic heterocycles. The van der Waals surface area contributed by atoms with E-state index in [1.54, 1.807) is 0 Å². The highest BCUT2D eigenvalue weighted by atomic mass is 16.5. The molecule has 1 fully saturated rings. The van der Waals surface area contributed by atoms with Crippen molar-refractivity contribution in [3.63, 3.8) is 0 Å². The first-order chi connectivity index (χ1) is 6.38. The second-order valence-electron chi connectivity index (χ2n) is 3.64. The number of hydrogen-bond acceptors (Lipinski definition) is 4. The van der Waals surface area contributed by atoms with Crippen LogP contribution >= 0.6 is 0 Å². The van der Waals surface area contributed by atoms with Gasteiger partial charge in [0, 0.05) is 12.8 Å². The maximum Gasteiger partial charge on any atom is 0.226 e. The topological polar surface area (TPSA) is 64.9 Å². The van der Waals surface area contributed by atoms with E-state index in [0.717, 1.165) is 24.1 Å². The Bertz CT molecular complexity index is 268. The summed E-state index contributed by atoms with van der Waals surface area (Å²) in [5, 5.41) is 3.85. The minimum absolute atomic E-state index is 0.586. The van der Waals surface area contributed by atoms with E-state index in [4.69, 9.17) is 10.3 Å². The molecule has 0 atom stereocenters. The smallest absolute Gasteiger partial charge is 0.226 e. The number of aromatic nitrogens is 2. The van der Waals surface area contributed by atoms with Crippen LogP contribution in [0.3, 0.4) is 0 Å². The lowest BCUT2D eigenvalue weighted by Gasteiger charge is -2.23. The van der Waals surface area contributed by atoms with Gasteiger partial charge in [0.1, 0.15) is 0 Å².